The van der Waals surface area contributed by atoms with Crippen molar-refractivity contribution in [2.75, 3.05) is 7.11 Å². The maximum Gasteiger partial charge on any atom is 0.277 e. The van der Waals surface area contributed by atoms with Gasteiger partial charge in [0.25, 0.3) is 5.22 Å². The molecule has 0 bridgehead atoms. The predicted octanol–water partition coefficient (Wildman–Crippen LogP) is 6.43. The predicted molar refractivity (Wildman–Crippen MR) is 137 cm³/mol. The van der Waals surface area contributed by atoms with E-state index in [0.717, 1.165) is 34.2 Å². The first-order valence-electron chi connectivity index (χ1n) is 11.5. The summed E-state index contributed by atoms with van der Waals surface area (Å²) in [6.45, 7) is 2.11. The van der Waals surface area contributed by atoms with Crippen LogP contribution < -0.4 is 4.74 Å². The van der Waals surface area contributed by atoms with Crippen LogP contribution in [0, 0.1) is 0 Å². The Bertz CT molecular complexity index is 1440. The molecule has 7 heteroatoms. The van der Waals surface area contributed by atoms with Gasteiger partial charge in [0.15, 0.2) is 5.78 Å². The van der Waals surface area contributed by atoms with Crippen molar-refractivity contribution in [2.45, 2.75) is 30.2 Å². The average molecular weight is 484 g/mol. The van der Waals surface area contributed by atoms with E-state index < -0.39 is 5.25 Å². The molecular formula is C28H25N3O3S. The molecule has 2 aromatic heterocycles. The second-order valence-electron chi connectivity index (χ2n) is 8.15. The highest BCUT2D eigenvalue weighted by Crippen LogP contribution is 2.39. The number of hydrogen-bond acceptors (Lipinski definition) is 6. The molecule has 3 aromatic carbocycles. The lowest BCUT2D eigenvalue weighted by Crippen LogP contribution is -2.09. The molecule has 176 valence electrons. The van der Waals surface area contributed by atoms with Crippen LogP contribution in [0.4, 0.5) is 0 Å². The molecule has 0 spiro atoms. The third kappa shape index (κ3) is 4.86. The standard InChI is InChI=1S/C28H25N3O3S/c1-3-19-10-7-11-22-23(17-29-25(19)22)26(32)27(20-8-5-4-6-9-20)35-28-31-30-24(34-28)16-18-12-14-21(33-2)15-13-18/h4-15,17,27,29H,3,16H2,1-2H3. The van der Waals surface area contributed by atoms with E-state index in [2.05, 4.69) is 28.2 Å². The SMILES string of the molecule is CCc1cccc2c(C(=O)C(Sc3nnc(Cc4ccc(OC)cc4)o3)c3ccccc3)c[nH]c12. The number of carbonyl (C=O) groups is 1. The Hall–Kier alpha value is -3.84. The number of ketones is 1. The molecule has 0 aliphatic carbocycles. The van der Waals surface area contributed by atoms with Crippen LogP contribution in [0.25, 0.3) is 10.9 Å². The summed E-state index contributed by atoms with van der Waals surface area (Å²) in [5, 5.41) is 9.21. The fourth-order valence-corrected chi connectivity index (χ4v) is 5.09. The van der Waals surface area contributed by atoms with Crippen molar-refractivity contribution < 1.29 is 13.9 Å². The summed E-state index contributed by atoms with van der Waals surface area (Å²) in [6.07, 6.45) is 3.20. The zero-order chi connectivity index (χ0) is 24.2. The van der Waals surface area contributed by atoms with E-state index in [9.17, 15) is 4.79 Å². The molecule has 0 saturated heterocycles. The highest BCUT2D eigenvalue weighted by molar-refractivity contribution is 8.00. The van der Waals surface area contributed by atoms with Gasteiger partial charge in [-0.25, -0.2) is 0 Å². The van der Waals surface area contributed by atoms with E-state index >= 15 is 0 Å². The number of rotatable bonds is 9. The Morgan fingerprint density at radius 2 is 1.83 bits per heavy atom. The first-order chi connectivity index (χ1) is 17.2. The van der Waals surface area contributed by atoms with E-state index in [0.29, 0.717) is 23.1 Å². The van der Waals surface area contributed by atoms with Crippen molar-refractivity contribution in [1.82, 2.24) is 15.2 Å². The van der Waals surface area contributed by atoms with Gasteiger partial charge in [0.2, 0.25) is 5.89 Å². The molecule has 5 rings (SSSR count). The van der Waals surface area contributed by atoms with Gasteiger partial charge < -0.3 is 14.1 Å². The third-order valence-electron chi connectivity index (χ3n) is 5.97. The van der Waals surface area contributed by atoms with Crippen LogP contribution in [0.1, 0.15) is 45.1 Å². The largest absolute Gasteiger partial charge is 0.497 e. The first kappa shape index (κ1) is 22.9. The van der Waals surface area contributed by atoms with Crippen LogP contribution in [-0.2, 0) is 12.8 Å². The van der Waals surface area contributed by atoms with Gasteiger partial charge in [0, 0.05) is 22.7 Å². The van der Waals surface area contributed by atoms with Crippen molar-refractivity contribution in [3.63, 3.8) is 0 Å². The minimum absolute atomic E-state index is 0.00407. The van der Waals surface area contributed by atoms with Crippen LogP contribution in [0.2, 0.25) is 0 Å². The van der Waals surface area contributed by atoms with Gasteiger partial charge in [-0.1, -0.05) is 67.6 Å². The molecule has 35 heavy (non-hydrogen) atoms. The maximum atomic E-state index is 13.8. The van der Waals surface area contributed by atoms with Crippen LogP contribution >= 0.6 is 11.8 Å². The summed E-state index contributed by atoms with van der Waals surface area (Å²) < 4.78 is 11.2. The van der Waals surface area contributed by atoms with E-state index in [4.69, 9.17) is 9.15 Å². The van der Waals surface area contributed by atoms with Crippen molar-refractivity contribution in [2.24, 2.45) is 0 Å². The number of benzene rings is 3. The molecule has 5 aromatic rings. The average Bonchev–Trinajstić information content (AvgIpc) is 3.54. The lowest BCUT2D eigenvalue weighted by Gasteiger charge is -2.13. The van der Waals surface area contributed by atoms with E-state index in [1.165, 1.54) is 17.3 Å². The molecular weight excluding hydrogens is 458 g/mol. The third-order valence-corrected chi connectivity index (χ3v) is 7.06. The molecule has 1 unspecified atom stereocenters. The zero-order valence-electron chi connectivity index (χ0n) is 19.5. The summed E-state index contributed by atoms with van der Waals surface area (Å²) in [7, 11) is 1.64. The van der Waals surface area contributed by atoms with Gasteiger partial charge in [-0.3, -0.25) is 4.79 Å². The highest BCUT2D eigenvalue weighted by Gasteiger charge is 2.28. The summed E-state index contributed by atoms with van der Waals surface area (Å²) in [4.78, 5) is 17.1. The Kier molecular flexibility index (Phi) is 6.68. The van der Waals surface area contributed by atoms with Crippen molar-refractivity contribution >= 4 is 28.4 Å². The topological polar surface area (TPSA) is 81.0 Å². The number of fused-ring (bicyclic) bond motifs is 1. The minimum atomic E-state index is -0.519. The summed E-state index contributed by atoms with van der Waals surface area (Å²) in [6, 6.07) is 23.5. The zero-order valence-corrected chi connectivity index (χ0v) is 20.3. The molecule has 0 amide bonds. The lowest BCUT2D eigenvalue weighted by molar-refractivity contribution is 0.0990. The Labute approximate surface area is 207 Å². The molecule has 0 radical (unpaired) electrons. The summed E-state index contributed by atoms with van der Waals surface area (Å²) in [5.41, 5.74) is 4.78. The smallest absolute Gasteiger partial charge is 0.277 e. The van der Waals surface area contributed by atoms with Crippen LogP contribution in [-0.4, -0.2) is 28.1 Å². The number of para-hydroxylation sites is 1. The number of ether oxygens (including phenoxy) is 1. The number of nitrogens with zero attached hydrogens (tertiary/aromatic N) is 2. The fourth-order valence-electron chi connectivity index (χ4n) is 4.13. The number of H-pyrrole nitrogens is 1. The van der Waals surface area contributed by atoms with E-state index in [1.807, 2.05) is 72.9 Å². The number of thioether (sulfide) groups is 1. The number of nitrogens with one attached hydrogen (secondary N) is 1. The number of aromatic amines is 1. The van der Waals surface area contributed by atoms with E-state index in [1.54, 1.807) is 7.11 Å². The van der Waals surface area contributed by atoms with Crippen molar-refractivity contribution in [3.05, 3.63) is 107 Å². The summed E-state index contributed by atoms with van der Waals surface area (Å²) >= 11 is 1.28. The van der Waals surface area contributed by atoms with Gasteiger partial charge in [-0.2, -0.15) is 0 Å². The second-order valence-corrected chi connectivity index (χ2v) is 9.21. The number of aryl methyl sites for hydroxylation is 1. The van der Waals surface area contributed by atoms with Crippen LogP contribution in [0.15, 0.2) is 88.6 Å². The van der Waals surface area contributed by atoms with Crippen LogP contribution in [0.5, 0.6) is 5.75 Å². The normalized spacial score (nSPS) is 12.1. The van der Waals surface area contributed by atoms with Gasteiger partial charge in [0.05, 0.1) is 13.5 Å². The fraction of sp³-hybridized carbons (Fsp3) is 0.179. The molecule has 1 atom stereocenters. The van der Waals surface area contributed by atoms with Crippen molar-refractivity contribution in [1.29, 1.82) is 0 Å². The van der Waals surface area contributed by atoms with E-state index in [-0.39, 0.29) is 5.78 Å². The second kappa shape index (κ2) is 10.2. The van der Waals surface area contributed by atoms with Crippen molar-refractivity contribution in [3.8, 4) is 5.75 Å². The quantitative estimate of drug-likeness (QED) is 0.192. The number of methoxy groups -OCH3 is 1. The van der Waals surface area contributed by atoms with Gasteiger partial charge >= 0.3 is 0 Å². The Morgan fingerprint density at radius 1 is 1.03 bits per heavy atom. The number of aromatic nitrogens is 3. The van der Waals surface area contributed by atoms with Gasteiger partial charge in [-0.15, -0.1) is 10.2 Å². The monoisotopic (exact) mass is 483 g/mol. The van der Waals surface area contributed by atoms with Gasteiger partial charge in [0.1, 0.15) is 11.0 Å². The molecule has 0 fully saturated rings. The van der Waals surface area contributed by atoms with Crippen LogP contribution in [0.3, 0.4) is 0 Å². The summed E-state index contributed by atoms with van der Waals surface area (Å²) in [5.74, 6) is 1.29. The Balaban J connectivity index is 1.42. The molecule has 0 aliphatic rings. The highest BCUT2D eigenvalue weighted by atomic mass is 32.2. The molecule has 2 heterocycles. The lowest BCUT2D eigenvalue weighted by atomic mass is 10.0. The number of Topliss-reactive ketones (excluding diaryl/α,β-unsaturated/α-hetero) is 1. The molecule has 6 nitrogen and oxygen atoms in total. The first-order valence-corrected chi connectivity index (χ1v) is 12.3. The number of carbonyl (C=O) groups excluding carboxylic acids is 1. The maximum absolute atomic E-state index is 13.8. The molecule has 0 saturated carbocycles. The molecule has 1 N–H and O–H groups in total. The minimum Gasteiger partial charge on any atom is -0.497 e. The molecule has 0 aliphatic heterocycles. The van der Waals surface area contributed by atoms with Gasteiger partial charge in [-0.05, 0) is 47.0 Å². The number of hydrogen-bond donors (Lipinski definition) is 1. The Morgan fingerprint density at radius 3 is 2.57 bits per heavy atom.